The molecule has 0 unspecified atom stereocenters. The summed E-state index contributed by atoms with van der Waals surface area (Å²) in [6, 6.07) is 30.3. The van der Waals surface area contributed by atoms with Crippen LogP contribution in [-0.2, 0) is 10.8 Å². The largest absolute Gasteiger partial charge is 0.455 e. The van der Waals surface area contributed by atoms with E-state index in [1.807, 2.05) is 6.20 Å². The summed E-state index contributed by atoms with van der Waals surface area (Å²) in [6.45, 7) is 19.4. The fraction of sp³-hybridized carbons (Fsp3) is 0.244. The summed E-state index contributed by atoms with van der Waals surface area (Å²) in [5, 5.41) is 6.92. The number of fused-ring (bicyclic) bond motifs is 7. The molecule has 5 heteroatoms. The molecular weight excluding hydrogens is 613 g/mol. The Morgan fingerprint density at radius 3 is 1.86 bits per heavy atom. The van der Waals surface area contributed by atoms with Gasteiger partial charge in [-0.2, -0.15) is 0 Å². The molecule has 0 radical (unpaired) electrons. The lowest BCUT2D eigenvalue weighted by molar-refractivity contribution is 0.497. The predicted molar refractivity (Wildman–Crippen MR) is 208 cm³/mol. The van der Waals surface area contributed by atoms with Crippen LogP contribution in [0.4, 0.5) is 0 Å². The van der Waals surface area contributed by atoms with Crippen molar-refractivity contribution in [1.82, 2.24) is 19.9 Å². The third kappa shape index (κ3) is 5.24. The van der Waals surface area contributed by atoms with Gasteiger partial charge < -0.3 is 4.42 Å². The van der Waals surface area contributed by atoms with E-state index in [0.717, 1.165) is 83.9 Å². The Hall–Kier alpha value is -5.42. The molecule has 0 aliphatic rings. The van der Waals surface area contributed by atoms with Gasteiger partial charge in [0.1, 0.15) is 22.8 Å². The molecule has 3 aromatic heterocycles. The summed E-state index contributed by atoms with van der Waals surface area (Å²) in [5.41, 5.74) is 10.0. The van der Waals surface area contributed by atoms with Crippen molar-refractivity contribution >= 4 is 43.5 Å². The average Bonchev–Trinajstić information content (AvgIpc) is 3.47. The predicted octanol–water partition coefficient (Wildman–Crippen LogP) is 12.0. The van der Waals surface area contributed by atoms with Crippen LogP contribution in [0.3, 0.4) is 0 Å². The molecule has 0 N–H and O–H groups in total. The van der Waals surface area contributed by atoms with E-state index >= 15 is 0 Å². The van der Waals surface area contributed by atoms with Crippen molar-refractivity contribution < 1.29 is 4.42 Å². The van der Waals surface area contributed by atoms with E-state index in [1.54, 1.807) is 0 Å². The number of hydrogen-bond donors (Lipinski definition) is 0. The van der Waals surface area contributed by atoms with Crippen molar-refractivity contribution in [3.05, 3.63) is 119 Å². The zero-order valence-corrected chi connectivity index (χ0v) is 30.4. The highest BCUT2D eigenvalue weighted by atomic mass is 16.3. The third-order valence-corrected chi connectivity index (χ3v) is 9.79. The highest BCUT2D eigenvalue weighted by Gasteiger charge is 2.26. The van der Waals surface area contributed by atoms with Gasteiger partial charge in [0.05, 0.1) is 5.69 Å². The monoisotopic (exact) mass is 654 g/mol. The molecule has 50 heavy (non-hydrogen) atoms. The van der Waals surface area contributed by atoms with Gasteiger partial charge in [0, 0.05) is 44.3 Å². The van der Waals surface area contributed by atoms with E-state index < -0.39 is 0 Å². The van der Waals surface area contributed by atoms with Crippen LogP contribution in [0.15, 0.2) is 95.5 Å². The number of aryl methyl sites for hydroxylation is 3. The Kier molecular flexibility index (Phi) is 7.20. The smallest absolute Gasteiger partial charge is 0.163 e. The van der Waals surface area contributed by atoms with Gasteiger partial charge in [-0.3, -0.25) is 4.98 Å². The Labute approximate surface area is 293 Å². The fourth-order valence-corrected chi connectivity index (χ4v) is 7.18. The Morgan fingerprint density at radius 1 is 0.540 bits per heavy atom. The van der Waals surface area contributed by atoms with Crippen LogP contribution in [0.1, 0.15) is 69.9 Å². The second-order valence-electron chi connectivity index (χ2n) is 15.8. The highest BCUT2D eigenvalue weighted by Crippen LogP contribution is 2.42. The van der Waals surface area contributed by atoms with Crippen molar-refractivity contribution in [2.75, 3.05) is 0 Å². The molecule has 8 aromatic rings. The molecule has 248 valence electrons. The first-order valence-corrected chi connectivity index (χ1v) is 17.4. The van der Waals surface area contributed by atoms with E-state index in [1.165, 1.54) is 21.7 Å². The maximum absolute atomic E-state index is 6.86. The number of furan rings is 1. The maximum atomic E-state index is 6.86. The molecule has 0 saturated carbocycles. The van der Waals surface area contributed by atoms with E-state index in [2.05, 4.69) is 147 Å². The average molecular weight is 655 g/mol. The molecule has 5 nitrogen and oxygen atoms in total. The number of hydrogen-bond acceptors (Lipinski definition) is 5. The molecule has 0 aliphatic heterocycles. The molecule has 5 aromatic carbocycles. The zero-order chi connectivity index (χ0) is 35.1. The lowest BCUT2D eigenvalue weighted by atomic mass is 9.90. The summed E-state index contributed by atoms with van der Waals surface area (Å²) >= 11 is 0. The minimum atomic E-state index is -0.199. The van der Waals surface area contributed by atoms with Crippen LogP contribution in [0.2, 0.25) is 0 Å². The SMILES string of the molecule is Cc1cnc(-c2cccc3c2oc2c3ccc3ccc4ccccc4c32)cc1-c1c(C)cc(-c2nc(C(C)(C)C)nc(C(C)(C)C)n2)cc1C. The Balaban J connectivity index is 1.27. The quantitative estimate of drug-likeness (QED) is 0.177. The van der Waals surface area contributed by atoms with Gasteiger partial charge in [0.25, 0.3) is 0 Å². The molecule has 0 spiro atoms. The summed E-state index contributed by atoms with van der Waals surface area (Å²) in [6.07, 6.45) is 1.99. The molecular formula is C45H42N4O. The van der Waals surface area contributed by atoms with Crippen molar-refractivity contribution in [3.63, 3.8) is 0 Å². The van der Waals surface area contributed by atoms with Gasteiger partial charge in [-0.15, -0.1) is 0 Å². The first kappa shape index (κ1) is 31.8. The van der Waals surface area contributed by atoms with E-state index in [-0.39, 0.29) is 10.8 Å². The Bertz CT molecular complexity index is 2600. The number of benzene rings is 5. The van der Waals surface area contributed by atoms with Crippen molar-refractivity contribution in [2.24, 2.45) is 0 Å². The van der Waals surface area contributed by atoms with Gasteiger partial charge in [0.2, 0.25) is 0 Å². The minimum absolute atomic E-state index is 0.199. The summed E-state index contributed by atoms with van der Waals surface area (Å²) < 4.78 is 6.86. The summed E-state index contributed by atoms with van der Waals surface area (Å²) in [5.74, 6) is 2.33. The lowest BCUT2D eigenvalue weighted by Gasteiger charge is -2.23. The van der Waals surface area contributed by atoms with Crippen LogP contribution < -0.4 is 0 Å². The molecule has 0 atom stereocenters. The molecule has 0 saturated heterocycles. The van der Waals surface area contributed by atoms with Crippen LogP contribution in [0.5, 0.6) is 0 Å². The molecule has 0 bridgehead atoms. The van der Waals surface area contributed by atoms with Gasteiger partial charge in [0.15, 0.2) is 5.82 Å². The van der Waals surface area contributed by atoms with Crippen LogP contribution >= 0.6 is 0 Å². The molecule has 8 rings (SSSR count). The van der Waals surface area contributed by atoms with Gasteiger partial charge in [-0.05, 0) is 95.1 Å². The first-order valence-electron chi connectivity index (χ1n) is 17.4. The van der Waals surface area contributed by atoms with Crippen LogP contribution in [0.25, 0.3) is 77.3 Å². The zero-order valence-electron chi connectivity index (χ0n) is 30.4. The fourth-order valence-electron chi connectivity index (χ4n) is 7.18. The van der Waals surface area contributed by atoms with Gasteiger partial charge in [-0.1, -0.05) is 96.1 Å². The third-order valence-electron chi connectivity index (χ3n) is 9.79. The van der Waals surface area contributed by atoms with Crippen LogP contribution in [0, 0.1) is 20.8 Å². The number of rotatable bonds is 3. The van der Waals surface area contributed by atoms with Crippen LogP contribution in [-0.4, -0.2) is 19.9 Å². The molecule has 0 aliphatic carbocycles. The van der Waals surface area contributed by atoms with Crippen molar-refractivity contribution in [3.8, 4) is 33.8 Å². The Morgan fingerprint density at radius 2 is 1.16 bits per heavy atom. The van der Waals surface area contributed by atoms with E-state index in [4.69, 9.17) is 24.4 Å². The second kappa shape index (κ2) is 11.3. The topological polar surface area (TPSA) is 64.7 Å². The maximum Gasteiger partial charge on any atom is 0.163 e. The van der Waals surface area contributed by atoms with Crippen molar-refractivity contribution in [1.29, 1.82) is 0 Å². The van der Waals surface area contributed by atoms with Gasteiger partial charge >= 0.3 is 0 Å². The first-order chi connectivity index (χ1) is 23.8. The lowest BCUT2D eigenvalue weighted by Crippen LogP contribution is -2.24. The summed E-state index contributed by atoms with van der Waals surface area (Å²) in [7, 11) is 0. The van der Waals surface area contributed by atoms with E-state index in [9.17, 15) is 0 Å². The number of pyridine rings is 1. The van der Waals surface area contributed by atoms with Gasteiger partial charge in [-0.25, -0.2) is 15.0 Å². The molecule has 0 fully saturated rings. The van der Waals surface area contributed by atoms with E-state index in [0.29, 0.717) is 0 Å². The standard InChI is InChI=1S/C45H42N4O/c1-25-21-30(41-47-42(44(4,5)6)49-43(48-41)45(7,8)9)22-26(2)37(25)35-23-36(46-24-27(35)3)34-16-12-15-32-33-20-19-29-18-17-28-13-10-11-14-31(28)38(29)40(33)50-39(32)34/h10-24H,1-9H3. The second-order valence-corrected chi connectivity index (χ2v) is 15.8. The number of aromatic nitrogens is 4. The normalized spacial score (nSPS) is 12.5. The summed E-state index contributed by atoms with van der Waals surface area (Å²) in [4.78, 5) is 19.8. The minimum Gasteiger partial charge on any atom is -0.455 e. The molecule has 0 amide bonds. The molecule has 3 heterocycles. The highest BCUT2D eigenvalue weighted by molar-refractivity contribution is 6.23. The number of para-hydroxylation sites is 1. The van der Waals surface area contributed by atoms with Crippen molar-refractivity contribution in [2.45, 2.75) is 73.1 Å². The number of nitrogens with zero attached hydrogens (tertiary/aromatic N) is 4.